The molecule has 7 nitrogen and oxygen atoms in total. The largest absolute Gasteiger partial charge is 0.377 e. The number of benzene rings is 1. The molecule has 0 aliphatic carbocycles. The zero-order chi connectivity index (χ0) is 16.3. The van der Waals surface area contributed by atoms with Gasteiger partial charge in [-0.1, -0.05) is 17.7 Å². The third-order valence-electron chi connectivity index (χ3n) is 3.95. The van der Waals surface area contributed by atoms with Gasteiger partial charge >= 0.3 is 0 Å². The van der Waals surface area contributed by atoms with Gasteiger partial charge in [0.1, 0.15) is 0 Å². The van der Waals surface area contributed by atoms with Crippen LogP contribution in [0, 0.1) is 6.92 Å². The Hall–Kier alpha value is -1.64. The first kappa shape index (κ1) is 16.2. The Kier molecular flexibility index (Phi) is 4.84. The van der Waals surface area contributed by atoms with Crippen LogP contribution in [0.2, 0.25) is 0 Å². The molecule has 2 aliphatic rings. The molecule has 1 saturated heterocycles. The standard InChI is InChI=1S/C15H22N4O3S/c1-12-4-6-14(7-5-12)23(20,21)18-15-16-10-19(11-17-15)9-13-3-2-8-22-13/h4-7,13H,2-3,8-11H2,1H3,(H2,16,17,18). The summed E-state index contributed by atoms with van der Waals surface area (Å²) in [5.74, 6) is 0.286. The SMILES string of the molecule is Cc1ccc(S(=O)(=O)NC2=NCN(CC3CCCO3)CN2)cc1. The molecule has 126 valence electrons. The van der Waals surface area contributed by atoms with Crippen molar-refractivity contribution in [2.45, 2.75) is 30.8 Å². The highest BCUT2D eigenvalue weighted by Crippen LogP contribution is 2.14. The van der Waals surface area contributed by atoms with Gasteiger partial charge < -0.3 is 10.1 Å². The highest BCUT2D eigenvalue weighted by Gasteiger charge is 2.23. The fourth-order valence-corrected chi connectivity index (χ4v) is 3.64. The molecule has 8 heteroatoms. The number of aryl methyl sites for hydroxylation is 1. The fraction of sp³-hybridized carbons (Fsp3) is 0.533. The van der Waals surface area contributed by atoms with Gasteiger partial charge in [0.25, 0.3) is 10.0 Å². The van der Waals surface area contributed by atoms with Gasteiger partial charge in [-0.05, 0) is 31.9 Å². The van der Waals surface area contributed by atoms with E-state index in [9.17, 15) is 8.42 Å². The lowest BCUT2D eigenvalue weighted by Crippen LogP contribution is -2.51. The molecular formula is C15H22N4O3S. The Morgan fingerprint density at radius 1 is 1.39 bits per heavy atom. The first-order valence-electron chi connectivity index (χ1n) is 7.75. The van der Waals surface area contributed by atoms with Crippen molar-refractivity contribution in [3.05, 3.63) is 29.8 Å². The molecule has 1 fully saturated rings. The van der Waals surface area contributed by atoms with E-state index in [4.69, 9.17) is 4.74 Å². The van der Waals surface area contributed by atoms with E-state index in [0.29, 0.717) is 13.3 Å². The van der Waals surface area contributed by atoms with Crippen molar-refractivity contribution in [1.82, 2.24) is 14.9 Å². The van der Waals surface area contributed by atoms with Crippen LogP contribution in [0.5, 0.6) is 0 Å². The summed E-state index contributed by atoms with van der Waals surface area (Å²) in [5, 5.41) is 3.01. The third-order valence-corrected chi connectivity index (χ3v) is 5.30. The molecule has 1 aromatic carbocycles. The molecule has 2 aliphatic heterocycles. The number of sulfonamides is 1. The number of nitrogens with one attached hydrogen (secondary N) is 2. The Morgan fingerprint density at radius 3 is 2.78 bits per heavy atom. The maximum Gasteiger partial charge on any atom is 0.264 e. The predicted molar refractivity (Wildman–Crippen MR) is 87.5 cm³/mol. The van der Waals surface area contributed by atoms with E-state index < -0.39 is 10.0 Å². The quantitative estimate of drug-likeness (QED) is 0.841. The third kappa shape index (κ3) is 4.21. The zero-order valence-corrected chi connectivity index (χ0v) is 14.0. The molecule has 0 radical (unpaired) electrons. The monoisotopic (exact) mass is 338 g/mol. The Labute approximate surface area is 136 Å². The van der Waals surface area contributed by atoms with Crippen molar-refractivity contribution in [2.24, 2.45) is 4.99 Å². The summed E-state index contributed by atoms with van der Waals surface area (Å²) in [6.07, 6.45) is 2.45. The molecular weight excluding hydrogens is 316 g/mol. The maximum absolute atomic E-state index is 12.3. The molecule has 1 atom stereocenters. The van der Waals surface area contributed by atoms with Crippen molar-refractivity contribution in [3.63, 3.8) is 0 Å². The van der Waals surface area contributed by atoms with Crippen LogP contribution in [0.25, 0.3) is 0 Å². The second-order valence-electron chi connectivity index (χ2n) is 5.89. The molecule has 1 unspecified atom stereocenters. The Bertz CT molecular complexity index is 666. The number of hydrogen-bond donors (Lipinski definition) is 2. The van der Waals surface area contributed by atoms with E-state index in [0.717, 1.165) is 31.6 Å². The van der Waals surface area contributed by atoms with Gasteiger partial charge in [-0.2, -0.15) is 0 Å². The minimum atomic E-state index is -3.60. The summed E-state index contributed by atoms with van der Waals surface area (Å²) in [6.45, 7) is 4.57. The lowest BCUT2D eigenvalue weighted by molar-refractivity contribution is 0.0714. The van der Waals surface area contributed by atoms with E-state index in [1.165, 1.54) is 0 Å². The van der Waals surface area contributed by atoms with Crippen LogP contribution in [0.4, 0.5) is 0 Å². The van der Waals surface area contributed by atoms with Crippen molar-refractivity contribution in [3.8, 4) is 0 Å². The molecule has 0 saturated carbocycles. The van der Waals surface area contributed by atoms with E-state index in [2.05, 4.69) is 19.9 Å². The molecule has 23 heavy (non-hydrogen) atoms. The molecule has 2 N–H and O–H groups in total. The van der Waals surface area contributed by atoms with Crippen molar-refractivity contribution >= 4 is 16.0 Å². The van der Waals surface area contributed by atoms with Gasteiger partial charge in [0.05, 0.1) is 24.3 Å². The lowest BCUT2D eigenvalue weighted by atomic mass is 10.2. The van der Waals surface area contributed by atoms with Crippen molar-refractivity contribution in [2.75, 3.05) is 26.5 Å². The Morgan fingerprint density at radius 2 is 2.17 bits per heavy atom. The highest BCUT2D eigenvalue weighted by atomic mass is 32.2. The average Bonchev–Trinajstić information content (AvgIpc) is 3.02. The molecule has 2 heterocycles. The van der Waals surface area contributed by atoms with E-state index in [1.807, 2.05) is 6.92 Å². The van der Waals surface area contributed by atoms with Gasteiger partial charge in [0.15, 0.2) is 0 Å². The van der Waals surface area contributed by atoms with Gasteiger partial charge in [0, 0.05) is 13.2 Å². The molecule has 0 bridgehead atoms. The molecule has 1 aromatic rings. The minimum Gasteiger partial charge on any atom is -0.377 e. The van der Waals surface area contributed by atoms with Gasteiger partial charge in [-0.25, -0.2) is 18.1 Å². The van der Waals surface area contributed by atoms with Gasteiger partial charge in [-0.3, -0.25) is 4.90 Å². The summed E-state index contributed by atoms with van der Waals surface area (Å²) in [4.78, 5) is 6.59. The normalized spacial score (nSPS) is 22.5. The first-order valence-corrected chi connectivity index (χ1v) is 9.23. The summed E-state index contributed by atoms with van der Waals surface area (Å²) in [7, 11) is -3.60. The van der Waals surface area contributed by atoms with Crippen LogP contribution < -0.4 is 10.0 Å². The smallest absolute Gasteiger partial charge is 0.264 e. The number of rotatable bonds is 4. The topological polar surface area (TPSA) is 83.0 Å². The molecule has 0 spiro atoms. The Balaban J connectivity index is 1.58. The second kappa shape index (κ2) is 6.86. The van der Waals surface area contributed by atoms with Gasteiger partial charge in [-0.15, -0.1) is 0 Å². The fourth-order valence-electron chi connectivity index (χ4n) is 2.63. The van der Waals surface area contributed by atoms with Gasteiger partial charge in [0.2, 0.25) is 5.96 Å². The van der Waals surface area contributed by atoms with E-state index in [1.54, 1.807) is 24.3 Å². The summed E-state index contributed by atoms with van der Waals surface area (Å²) in [6, 6.07) is 6.72. The van der Waals surface area contributed by atoms with Crippen LogP contribution in [0.3, 0.4) is 0 Å². The van der Waals surface area contributed by atoms with Crippen LogP contribution in [-0.2, 0) is 14.8 Å². The molecule has 0 aromatic heterocycles. The number of nitrogens with zero attached hydrogens (tertiary/aromatic N) is 2. The summed E-state index contributed by atoms with van der Waals surface area (Å²) in [5.41, 5.74) is 1.02. The van der Waals surface area contributed by atoms with Crippen LogP contribution in [0.1, 0.15) is 18.4 Å². The predicted octanol–water partition coefficient (Wildman–Crippen LogP) is 0.629. The van der Waals surface area contributed by atoms with Crippen LogP contribution in [0.15, 0.2) is 34.2 Å². The van der Waals surface area contributed by atoms with Crippen molar-refractivity contribution in [1.29, 1.82) is 0 Å². The maximum atomic E-state index is 12.3. The summed E-state index contributed by atoms with van der Waals surface area (Å²) >= 11 is 0. The molecule has 0 amide bonds. The number of hydrogen-bond acceptors (Lipinski definition) is 6. The van der Waals surface area contributed by atoms with Crippen LogP contribution >= 0.6 is 0 Å². The zero-order valence-electron chi connectivity index (χ0n) is 13.2. The number of ether oxygens (including phenoxy) is 1. The van der Waals surface area contributed by atoms with Crippen molar-refractivity contribution < 1.29 is 13.2 Å². The average molecular weight is 338 g/mol. The summed E-state index contributed by atoms with van der Waals surface area (Å²) < 4.78 is 32.7. The lowest BCUT2D eigenvalue weighted by Gasteiger charge is -2.28. The second-order valence-corrected chi connectivity index (χ2v) is 7.57. The first-order chi connectivity index (χ1) is 11.0. The highest BCUT2D eigenvalue weighted by molar-refractivity contribution is 7.90. The number of guanidine groups is 1. The van der Waals surface area contributed by atoms with Crippen LogP contribution in [-0.4, -0.2) is 51.9 Å². The van der Waals surface area contributed by atoms with E-state index in [-0.39, 0.29) is 17.0 Å². The van der Waals surface area contributed by atoms with E-state index >= 15 is 0 Å². The minimum absolute atomic E-state index is 0.231. The number of aliphatic imine (C=N–C) groups is 1. The molecule has 3 rings (SSSR count).